The summed E-state index contributed by atoms with van der Waals surface area (Å²) in [6, 6.07) is 14.8. The predicted octanol–water partition coefficient (Wildman–Crippen LogP) is 3.91. The molecule has 0 saturated heterocycles. The molecule has 22 heavy (non-hydrogen) atoms. The van der Waals surface area contributed by atoms with Gasteiger partial charge in [-0.15, -0.1) is 6.58 Å². The Morgan fingerprint density at radius 2 is 1.86 bits per heavy atom. The molecule has 3 nitrogen and oxygen atoms in total. The van der Waals surface area contributed by atoms with E-state index in [1.807, 2.05) is 6.08 Å². The molecule has 0 aliphatic carbocycles. The number of nitrogens with zero attached hydrogens (tertiary/aromatic N) is 2. The molecule has 112 valence electrons. The van der Waals surface area contributed by atoms with Crippen molar-refractivity contribution in [3.8, 4) is 11.4 Å². The third-order valence-electron chi connectivity index (χ3n) is 3.98. The summed E-state index contributed by atoms with van der Waals surface area (Å²) in [7, 11) is 0. The van der Waals surface area contributed by atoms with E-state index in [-0.39, 0.29) is 0 Å². The van der Waals surface area contributed by atoms with Gasteiger partial charge < -0.3 is 10.3 Å². The van der Waals surface area contributed by atoms with Gasteiger partial charge in [-0.05, 0) is 29.7 Å². The zero-order chi connectivity index (χ0) is 15.5. The average Bonchev–Trinajstić information content (AvgIpc) is 2.93. The topological polar surface area (TPSA) is 43.8 Å². The lowest BCUT2D eigenvalue weighted by molar-refractivity contribution is 0.861. The largest absolute Gasteiger partial charge is 0.326 e. The molecule has 1 heterocycles. The molecule has 2 aromatic carbocycles. The molecule has 0 saturated carbocycles. The third-order valence-corrected chi connectivity index (χ3v) is 3.98. The van der Waals surface area contributed by atoms with Gasteiger partial charge in [0.05, 0.1) is 11.0 Å². The van der Waals surface area contributed by atoms with Gasteiger partial charge in [-0.1, -0.05) is 43.3 Å². The molecular formula is C19H21N3. The minimum absolute atomic E-state index is 0.559. The molecule has 0 amide bonds. The molecule has 3 rings (SSSR count). The molecule has 0 atom stereocenters. The smallest absolute Gasteiger partial charge is 0.141 e. The van der Waals surface area contributed by atoms with Crippen molar-refractivity contribution in [1.82, 2.24) is 9.55 Å². The van der Waals surface area contributed by atoms with E-state index in [0.717, 1.165) is 41.0 Å². The van der Waals surface area contributed by atoms with Crippen LogP contribution in [0.5, 0.6) is 0 Å². The Morgan fingerprint density at radius 1 is 1.14 bits per heavy atom. The summed E-state index contributed by atoms with van der Waals surface area (Å²) >= 11 is 0. The zero-order valence-corrected chi connectivity index (χ0v) is 12.9. The molecule has 0 unspecified atom stereocenters. The third kappa shape index (κ3) is 2.55. The van der Waals surface area contributed by atoms with Crippen molar-refractivity contribution in [3.63, 3.8) is 0 Å². The lowest BCUT2D eigenvalue weighted by atomic mass is 10.1. The zero-order valence-electron chi connectivity index (χ0n) is 12.9. The van der Waals surface area contributed by atoms with Crippen LogP contribution < -0.4 is 5.73 Å². The lowest BCUT2D eigenvalue weighted by Crippen LogP contribution is -1.99. The summed E-state index contributed by atoms with van der Waals surface area (Å²) in [5.41, 5.74) is 11.4. The molecule has 0 spiro atoms. The summed E-state index contributed by atoms with van der Waals surface area (Å²) in [5.74, 6) is 0.978. The summed E-state index contributed by atoms with van der Waals surface area (Å²) in [4.78, 5) is 4.85. The predicted molar refractivity (Wildman–Crippen MR) is 92.6 cm³/mol. The van der Waals surface area contributed by atoms with Crippen LogP contribution in [0.3, 0.4) is 0 Å². The molecule has 2 N–H and O–H groups in total. The lowest BCUT2D eigenvalue weighted by Gasteiger charge is -2.07. The molecule has 1 aromatic heterocycles. The molecular weight excluding hydrogens is 270 g/mol. The van der Waals surface area contributed by atoms with E-state index < -0.39 is 0 Å². The fourth-order valence-electron chi connectivity index (χ4n) is 2.72. The van der Waals surface area contributed by atoms with E-state index in [1.165, 1.54) is 5.56 Å². The van der Waals surface area contributed by atoms with E-state index in [0.29, 0.717) is 6.54 Å². The number of hydrogen-bond donors (Lipinski definition) is 1. The van der Waals surface area contributed by atoms with Crippen LogP contribution in [0.1, 0.15) is 18.1 Å². The second kappa shape index (κ2) is 6.16. The number of aryl methyl sites for hydroxylation is 1. The number of rotatable bonds is 5. The Kier molecular flexibility index (Phi) is 4.07. The summed E-state index contributed by atoms with van der Waals surface area (Å²) in [6.07, 6.45) is 2.93. The van der Waals surface area contributed by atoms with Crippen molar-refractivity contribution >= 4 is 11.0 Å². The highest BCUT2D eigenvalue weighted by atomic mass is 15.1. The van der Waals surface area contributed by atoms with Gasteiger partial charge in [-0.2, -0.15) is 0 Å². The number of benzene rings is 2. The maximum Gasteiger partial charge on any atom is 0.141 e. The van der Waals surface area contributed by atoms with E-state index in [1.54, 1.807) is 0 Å². The highest BCUT2D eigenvalue weighted by Crippen LogP contribution is 2.26. The summed E-state index contributed by atoms with van der Waals surface area (Å²) in [6.45, 7) is 7.34. The van der Waals surface area contributed by atoms with Crippen molar-refractivity contribution in [2.75, 3.05) is 0 Å². The molecule has 0 aliphatic heterocycles. The van der Waals surface area contributed by atoms with Gasteiger partial charge in [0.1, 0.15) is 5.82 Å². The molecule has 3 heteroatoms. The van der Waals surface area contributed by atoms with Crippen LogP contribution in [0.25, 0.3) is 22.4 Å². The number of nitrogens with two attached hydrogens (primary N) is 1. The Bertz CT molecular complexity index is 797. The minimum atomic E-state index is 0.559. The first-order valence-corrected chi connectivity index (χ1v) is 7.66. The molecule has 3 aromatic rings. The Balaban J connectivity index is 2.17. The molecule has 0 aliphatic rings. The first-order chi connectivity index (χ1) is 10.8. The number of aromatic nitrogens is 2. The first kappa shape index (κ1) is 14.5. The Morgan fingerprint density at radius 3 is 2.50 bits per heavy atom. The van der Waals surface area contributed by atoms with Crippen molar-refractivity contribution in [2.24, 2.45) is 5.73 Å². The second-order valence-electron chi connectivity index (χ2n) is 5.41. The van der Waals surface area contributed by atoms with E-state index in [9.17, 15) is 0 Å². The van der Waals surface area contributed by atoms with Crippen LogP contribution >= 0.6 is 0 Å². The maximum absolute atomic E-state index is 5.68. The fourth-order valence-corrected chi connectivity index (χ4v) is 2.72. The van der Waals surface area contributed by atoms with Gasteiger partial charge in [-0.3, -0.25) is 0 Å². The normalized spacial score (nSPS) is 11.0. The standard InChI is InChI=1S/C19H21N3/c1-3-11-22-18-10-7-14(4-2)12-17(18)21-19(22)16-8-5-15(13-20)6-9-16/h3,5-10,12H,1,4,11,13,20H2,2H3. The molecule has 0 radical (unpaired) electrons. The number of imidazole rings is 1. The second-order valence-corrected chi connectivity index (χ2v) is 5.41. The van der Waals surface area contributed by atoms with Crippen LogP contribution in [-0.2, 0) is 19.5 Å². The van der Waals surface area contributed by atoms with E-state index in [4.69, 9.17) is 10.7 Å². The highest BCUT2D eigenvalue weighted by molar-refractivity contribution is 5.81. The maximum atomic E-state index is 5.68. The Hall–Kier alpha value is -2.39. The van der Waals surface area contributed by atoms with Crippen molar-refractivity contribution in [1.29, 1.82) is 0 Å². The molecule has 0 bridgehead atoms. The van der Waals surface area contributed by atoms with Crippen molar-refractivity contribution in [2.45, 2.75) is 26.4 Å². The fraction of sp³-hybridized carbons (Fsp3) is 0.211. The van der Waals surface area contributed by atoms with Crippen LogP contribution in [0, 0.1) is 0 Å². The number of fused-ring (bicyclic) bond motifs is 1. The number of allylic oxidation sites excluding steroid dienone is 1. The van der Waals surface area contributed by atoms with Crippen molar-refractivity contribution in [3.05, 3.63) is 66.2 Å². The van der Waals surface area contributed by atoms with Gasteiger partial charge in [0, 0.05) is 18.7 Å². The average molecular weight is 291 g/mol. The summed E-state index contributed by atoms with van der Waals surface area (Å²) < 4.78 is 2.21. The monoisotopic (exact) mass is 291 g/mol. The van der Waals surface area contributed by atoms with Crippen LogP contribution in [0.15, 0.2) is 55.1 Å². The highest BCUT2D eigenvalue weighted by Gasteiger charge is 2.12. The Labute approximate surface area is 131 Å². The first-order valence-electron chi connectivity index (χ1n) is 7.66. The molecule has 0 fully saturated rings. The quantitative estimate of drug-likeness (QED) is 0.724. The minimum Gasteiger partial charge on any atom is -0.326 e. The van der Waals surface area contributed by atoms with Crippen LogP contribution in [0.2, 0.25) is 0 Å². The van der Waals surface area contributed by atoms with Crippen LogP contribution in [-0.4, -0.2) is 9.55 Å². The number of hydrogen-bond acceptors (Lipinski definition) is 2. The SMILES string of the molecule is C=CCn1c(-c2ccc(CN)cc2)nc2cc(CC)ccc21. The van der Waals surface area contributed by atoms with Gasteiger partial charge in [0.2, 0.25) is 0 Å². The van der Waals surface area contributed by atoms with Gasteiger partial charge >= 0.3 is 0 Å². The van der Waals surface area contributed by atoms with Gasteiger partial charge in [-0.25, -0.2) is 4.98 Å². The van der Waals surface area contributed by atoms with Gasteiger partial charge in [0.25, 0.3) is 0 Å². The van der Waals surface area contributed by atoms with E-state index in [2.05, 4.69) is 60.5 Å². The summed E-state index contributed by atoms with van der Waals surface area (Å²) in [5, 5.41) is 0. The van der Waals surface area contributed by atoms with Crippen molar-refractivity contribution < 1.29 is 0 Å². The van der Waals surface area contributed by atoms with Crippen LogP contribution in [0.4, 0.5) is 0 Å². The van der Waals surface area contributed by atoms with E-state index >= 15 is 0 Å². The van der Waals surface area contributed by atoms with Gasteiger partial charge in [0.15, 0.2) is 0 Å².